The monoisotopic (exact) mass is 588 g/mol. The van der Waals surface area contributed by atoms with Crippen LogP contribution >= 0.6 is 0 Å². The third kappa shape index (κ3) is 3.46. The molecule has 6 heteroatoms. The summed E-state index contributed by atoms with van der Waals surface area (Å²) in [5.41, 5.74) is 8.44. The molecule has 0 unspecified atom stereocenters. The quantitative estimate of drug-likeness (QED) is 0.206. The van der Waals surface area contributed by atoms with Crippen molar-refractivity contribution in [2.45, 2.75) is 0 Å². The average Bonchev–Trinajstić information content (AvgIpc) is 3.63. The van der Waals surface area contributed by atoms with E-state index in [1.165, 1.54) is 16.2 Å². The van der Waals surface area contributed by atoms with Gasteiger partial charge in [-0.2, -0.15) is 0 Å². The number of para-hydroxylation sites is 4. The van der Waals surface area contributed by atoms with Crippen LogP contribution in [0.4, 0.5) is 0 Å². The fourth-order valence-corrected chi connectivity index (χ4v) is 7.14. The molecule has 6 nitrogen and oxygen atoms in total. The zero-order chi connectivity index (χ0) is 30.2. The second kappa shape index (κ2) is 9.55. The number of aromatic nitrogens is 6. The van der Waals surface area contributed by atoms with E-state index in [1.807, 2.05) is 6.07 Å². The highest BCUT2D eigenvalue weighted by molar-refractivity contribution is 6.16. The van der Waals surface area contributed by atoms with Crippen LogP contribution in [0.2, 0.25) is 0 Å². The number of hydrogen-bond donors (Lipinski definition) is 0. The van der Waals surface area contributed by atoms with E-state index in [2.05, 4.69) is 137 Å². The van der Waals surface area contributed by atoms with Crippen LogP contribution in [0.3, 0.4) is 0 Å². The Bertz CT molecular complexity index is 2810. The first-order chi connectivity index (χ1) is 22.8. The Morgan fingerprint density at radius 3 is 1.87 bits per heavy atom. The molecule has 4 heterocycles. The van der Waals surface area contributed by atoms with Gasteiger partial charge in [0, 0.05) is 45.2 Å². The fourth-order valence-electron chi connectivity index (χ4n) is 7.14. The molecule has 46 heavy (non-hydrogen) atoms. The van der Waals surface area contributed by atoms with Gasteiger partial charge in [-0.1, -0.05) is 97.1 Å². The van der Waals surface area contributed by atoms with Crippen LogP contribution in [0.25, 0.3) is 88.2 Å². The van der Waals surface area contributed by atoms with Gasteiger partial charge in [-0.05, 0) is 47.2 Å². The first-order valence-corrected chi connectivity index (χ1v) is 15.3. The van der Waals surface area contributed by atoms with Crippen LogP contribution in [-0.2, 0) is 0 Å². The van der Waals surface area contributed by atoms with Crippen molar-refractivity contribution in [2.75, 3.05) is 0 Å². The van der Waals surface area contributed by atoms with E-state index in [1.54, 1.807) is 12.4 Å². The molecule has 0 atom stereocenters. The predicted molar refractivity (Wildman–Crippen MR) is 187 cm³/mol. The Hall–Kier alpha value is -6.40. The number of rotatable bonds is 3. The third-order valence-corrected chi connectivity index (χ3v) is 9.10. The summed E-state index contributed by atoms with van der Waals surface area (Å²) in [5.74, 6) is 0.657. The van der Waals surface area contributed by atoms with Crippen LogP contribution in [0, 0.1) is 0 Å². The molecule has 0 N–H and O–H groups in total. The van der Waals surface area contributed by atoms with Gasteiger partial charge in [0.05, 0.1) is 22.1 Å². The van der Waals surface area contributed by atoms with Crippen molar-refractivity contribution in [3.63, 3.8) is 0 Å². The Labute approximate surface area is 262 Å². The molecule has 4 aromatic heterocycles. The normalized spacial score (nSPS) is 11.9. The molecule has 0 aliphatic carbocycles. The van der Waals surface area contributed by atoms with Gasteiger partial charge in [-0.3, -0.25) is 9.55 Å². The predicted octanol–water partition coefficient (Wildman–Crippen LogP) is 9.43. The fraction of sp³-hybridized carbons (Fsp3) is 0. The Kier molecular flexibility index (Phi) is 5.19. The maximum Gasteiger partial charge on any atom is 0.188 e. The van der Waals surface area contributed by atoms with Crippen molar-refractivity contribution >= 4 is 65.4 Å². The molecule has 214 valence electrons. The first kappa shape index (κ1) is 25.0. The van der Waals surface area contributed by atoms with E-state index in [0.717, 1.165) is 49.5 Å². The number of nitrogens with zero attached hydrogens (tertiary/aromatic N) is 6. The summed E-state index contributed by atoms with van der Waals surface area (Å²) in [5, 5.41) is 17.0. The van der Waals surface area contributed by atoms with E-state index >= 15 is 0 Å². The molecule has 0 radical (unpaired) electrons. The lowest BCUT2D eigenvalue weighted by molar-refractivity contribution is 0.965. The Balaban J connectivity index is 1.30. The number of hydrogen-bond acceptors (Lipinski definition) is 4. The molecule has 0 amide bonds. The van der Waals surface area contributed by atoms with Crippen molar-refractivity contribution in [3.8, 4) is 22.8 Å². The second-order valence-corrected chi connectivity index (χ2v) is 11.6. The average molecular weight is 589 g/mol. The maximum atomic E-state index is 4.98. The van der Waals surface area contributed by atoms with Crippen molar-refractivity contribution in [1.82, 2.24) is 29.3 Å². The lowest BCUT2D eigenvalue weighted by Crippen LogP contribution is -2.05. The summed E-state index contributed by atoms with van der Waals surface area (Å²) in [6.07, 6.45) is 3.48. The van der Waals surface area contributed by atoms with Gasteiger partial charge in [0.25, 0.3) is 0 Å². The van der Waals surface area contributed by atoms with Crippen LogP contribution in [0.1, 0.15) is 0 Å². The molecule has 6 aromatic carbocycles. The summed E-state index contributed by atoms with van der Waals surface area (Å²) in [6, 6.07) is 46.8. The summed E-state index contributed by atoms with van der Waals surface area (Å²) >= 11 is 0. The van der Waals surface area contributed by atoms with Gasteiger partial charge in [0.1, 0.15) is 16.7 Å². The maximum absolute atomic E-state index is 4.98. The molecule has 0 spiro atoms. The molecule has 10 aromatic rings. The van der Waals surface area contributed by atoms with E-state index in [4.69, 9.17) is 20.2 Å². The summed E-state index contributed by atoms with van der Waals surface area (Å²) in [6.45, 7) is 0. The molecule has 0 aliphatic rings. The standard InChI is InChI=1S/C40H24N6/c1-2-13-27(14-3-1)45-33-19-8-6-15-28(33)30-17-10-18-31(39(30)45)36-37-38(42-22-21-41-37)40(44-43-36)46-34-20-9-7-16-29(34)32-23-25-11-4-5-12-26(25)24-35(32)46/h1-24H. The van der Waals surface area contributed by atoms with E-state index in [0.29, 0.717) is 22.5 Å². The highest BCUT2D eigenvalue weighted by Gasteiger charge is 2.23. The summed E-state index contributed by atoms with van der Waals surface area (Å²) < 4.78 is 4.50. The zero-order valence-electron chi connectivity index (χ0n) is 24.5. The summed E-state index contributed by atoms with van der Waals surface area (Å²) in [4.78, 5) is 9.82. The van der Waals surface area contributed by atoms with Crippen LogP contribution in [0.5, 0.6) is 0 Å². The first-order valence-electron chi connectivity index (χ1n) is 15.3. The molecular weight excluding hydrogens is 564 g/mol. The zero-order valence-corrected chi connectivity index (χ0v) is 24.5. The van der Waals surface area contributed by atoms with Crippen molar-refractivity contribution in [1.29, 1.82) is 0 Å². The minimum Gasteiger partial charge on any atom is -0.309 e. The summed E-state index contributed by atoms with van der Waals surface area (Å²) in [7, 11) is 0. The van der Waals surface area contributed by atoms with Crippen LogP contribution in [-0.4, -0.2) is 29.3 Å². The van der Waals surface area contributed by atoms with Crippen molar-refractivity contribution in [2.24, 2.45) is 0 Å². The minimum atomic E-state index is 0.657. The van der Waals surface area contributed by atoms with Crippen molar-refractivity contribution in [3.05, 3.63) is 146 Å². The highest BCUT2D eigenvalue weighted by atomic mass is 15.2. The molecular formula is C40H24N6. The SMILES string of the molecule is c1ccc(-n2c3ccccc3c3cccc(-c4nnc(-n5c6ccccc6c6cc7ccccc7cc65)c5nccnc45)c32)cc1. The van der Waals surface area contributed by atoms with Crippen LogP contribution in [0.15, 0.2) is 146 Å². The van der Waals surface area contributed by atoms with E-state index < -0.39 is 0 Å². The van der Waals surface area contributed by atoms with E-state index in [-0.39, 0.29) is 0 Å². The molecule has 0 fully saturated rings. The number of fused-ring (bicyclic) bond motifs is 8. The lowest BCUT2D eigenvalue weighted by atomic mass is 10.0. The molecule has 0 saturated carbocycles. The second-order valence-electron chi connectivity index (χ2n) is 11.6. The minimum absolute atomic E-state index is 0.657. The van der Waals surface area contributed by atoms with Gasteiger partial charge >= 0.3 is 0 Å². The molecule has 0 aliphatic heterocycles. The van der Waals surface area contributed by atoms with Gasteiger partial charge < -0.3 is 4.57 Å². The highest BCUT2D eigenvalue weighted by Crippen LogP contribution is 2.40. The van der Waals surface area contributed by atoms with Gasteiger partial charge in [-0.25, -0.2) is 4.98 Å². The lowest BCUT2D eigenvalue weighted by Gasteiger charge is -2.14. The van der Waals surface area contributed by atoms with Crippen molar-refractivity contribution < 1.29 is 0 Å². The Morgan fingerprint density at radius 1 is 0.435 bits per heavy atom. The smallest absolute Gasteiger partial charge is 0.188 e. The van der Waals surface area contributed by atoms with Gasteiger partial charge in [0.15, 0.2) is 5.82 Å². The molecule has 10 rings (SSSR count). The van der Waals surface area contributed by atoms with Gasteiger partial charge in [0.2, 0.25) is 0 Å². The van der Waals surface area contributed by atoms with Gasteiger partial charge in [-0.15, -0.1) is 10.2 Å². The molecule has 0 saturated heterocycles. The topological polar surface area (TPSA) is 61.4 Å². The van der Waals surface area contributed by atoms with E-state index in [9.17, 15) is 0 Å². The van der Waals surface area contributed by atoms with Crippen LogP contribution < -0.4 is 0 Å². The largest absolute Gasteiger partial charge is 0.309 e. The molecule has 0 bridgehead atoms. The number of benzene rings is 6. The Morgan fingerprint density at radius 2 is 1.07 bits per heavy atom. The third-order valence-electron chi connectivity index (χ3n) is 9.10.